The molecule has 16 heavy (non-hydrogen) atoms. The van der Waals surface area contributed by atoms with Crippen molar-refractivity contribution in [3.8, 4) is 5.75 Å². The van der Waals surface area contributed by atoms with Gasteiger partial charge in [0.15, 0.2) is 0 Å². The number of hydrogen-bond donors (Lipinski definition) is 1. The highest BCUT2D eigenvalue weighted by Crippen LogP contribution is 2.29. The SMILES string of the molecule is Oc1ccc2c(c1)CCC(CN1CCC1)C2. The molecule has 1 atom stereocenters. The summed E-state index contributed by atoms with van der Waals surface area (Å²) in [5.41, 5.74) is 2.81. The Morgan fingerprint density at radius 2 is 2.12 bits per heavy atom. The zero-order chi connectivity index (χ0) is 11.0. The van der Waals surface area contributed by atoms with Crippen LogP contribution in [0, 0.1) is 5.92 Å². The molecule has 0 amide bonds. The van der Waals surface area contributed by atoms with Gasteiger partial charge in [0.25, 0.3) is 0 Å². The number of rotatable bonds is 2. The fourth-order valence-corrected chi connectivity index (χ4v) is 2.90. The van der Waals surface area contributed by atoms with Gasteiger partial charge in [-0.15, -0.1) is 0 Å². The first-order valence-corrected chi connectivity index (χ1v) is 6.34. The number of phenolic OH excluding ortho intramolecular Hbond substituents is 1. The van der Waals surface area contributed by atoms with Gasteiger partial charge in [0, 0.05) is 6.54 Å². The van der Waals surface area contributed by atoms with Crippen LogP contribution in [0.1, 0.15) is 24.0 Å². The molecule has 1 aromatic rings. The maximum Gasteiger partial charge on any atom is 0.115 e. The number of likely N-dealkylation sites (tertiary alicyclic amines) is 1. The van der Waals surface area contributed by atoms with E-state index in [9.17, 15) is 5.11 Å². The van der Waals surface area contributed by atoms with E-state index in [0.29, 0.717) is 5.75 Å². The molecule has 0 spiro atoms. The Bertz CT molecular complexity index is 384. The lowest BCUT2D eigenvalue weighted by Crippen LogP contribution is -2.41. The molecule has 3 rings (SSSR count). The normalized spacial score (nSPS) is 24.9. The summed E-state index contributed by atoms with van der Waals surface area (Å²) >= 11 is 0. The minimum absolute atomic E-state index is 0.417. The smallest absolute Gasteiger partial charge is 0.115 e. The second-order valence-electron chi connectivity index (χ2n) is 5.22. The number of fused-ring (bicyclic) bond motifs is 1. The number of phenols is 1. The monoisotopic (exact) mass is 217 g/mol. The second-order valence-corrected chi connectivity index (χ2v) is 5.22. The van der Waals surface area contributed by atoms with Crippen LogP contribution in [0.4, 0.5) is 0 Å². The Morgan fingerprint density at radius 3 is 2.88 bits per heavy atom. The number of benzene rings is 1. The van der Waals surface area contributed by atoms with Crippen LogP contribution in [0.15, 0.2) is 18.2 Å². The fourth-order valence-electron chi connectivity index (χ4n) is 2.90. The molecule has 1 aliphatic carbocycles. The van der Waals surface area contributed by atoms with Gasteiger partial charge in [-0.3, -0.25) is 0 Å². The molecule has 0 radical (unpaired) electrons. The Balaban J connectivity index is 1.68. The van der Waals surface area contributed by atoms with Gasteiger partial charge < -0.3 is 10.0 Å². The topological polar surface area (TPSA) is 23.5 Å². The van der Waals surface area contributed by atoms with Crippen LogP contribution in [-0.4, -0.2) is 29.6 Å². The summed E-state index contributed by atoms with van der Waals surface area (Å²) in [5, 5.41) is 9.44. The minimum atomic E-state index is 0.417. The van der Waals surface area contributed by atoms with Crippen LogP contribution in [0.5, 0.6) is 5.75 Å². The molecule has 1 heterocycles. The third-order valence-electron chi connectivity index (χ3n) is 3.99. The molecule has 86 valence electrons. The molecule has 1 saturated heterocycles. The largest absolute Gasteiger partial charge is 0.508 e. The number of aryl methyl sites for hydroxylation is 1. The molecule has 2 aliphatic rings. The van der Waals surface area contributed by atoms with Gasteiger partial charge in [0.1, 0.15) is 5.75 Å². The van der Waals surface area contributed by atoms with E-state index in [1.54, 1.807) is 0 Å². The minimum Gasteiger partial charge on any atom is -0.508 e. The molecule has 2 heteroatoms. The first-order valence-electron chi connectivity index (χ1n) is 6.34. The summed E-state index contributed by atoms with van der Waals surface area (Å²) in [7, 11) is 0. The Kier molecular flexibility index (Phi) is 2.60. The predicted molar refractivity (Wildman–Crippen MR) is 64.7 cm³/mol. The van der Waals surface area contributed by atoms with Gasteiger partial charge in [0.2, 0.25) is 0 Å². The Hall–Kier alpha value is -1.02. The van der Waals surface area contributed by atoms with Crippen molar-refractivity contribution in [3.05, 3.63) is 29.3 Å². The zero-order valence-corrected chi connectivity index (χ0v) is 9.65. The van der Waals surface area contributed by atoms with Crippen LogP contribution in [0.3, 0.4) is 0 Å². The second kappa shape index (κ2) is 4.10. The standard InChI is InChI=1S/C14H19NO/c16-14-5-4-12-8-11(2-3-13(12)9-14)10-15-6-1-7-15/h4-5,9,11,16H,1-3,6-8,10H2. The van der Waals surface area contributed by atoms with Gasteiger partial charge in [-0.2, -0.15) is 0 Å². The van der Waals surface area contributed by atoms with Crippen molar-refractivity contribution in [1.29, 1.82) is 0 Å². The maximum atomic E-state index is 9.44. The predicted octanol–water partition coefficient (Wildman–Crippen LogP) is 2.20. The molecule has 1 aliphatic heterocycles. The van der Waals surface area contributed by atoms with Gasteiger partial charge in [-0.05, 0) is 68.0 Å². The van der Waals surface area contributed by atoms with E-state index in [1.807, 2.05) is 12.1 Å². The van der Waals surface area contributed by atoms with Crippen molar-refractivity contribution in [3.63, 3.8) is 0 Å². The average molecular weight is 217 g/mol. The molecule has 1 unspecified atom stereocenters. The summed E-state index contributed by atoms with van der Waals surface area (Å²) in [6, 6.07) is 5.87. The van der Waals surface area contributed by atoms with Crippen LogP contribution in [-0.2, 0) is 12.8 Å². The highest BCUT2D eigenvalue weighted by atomic mass is 16.3. The lowest BCUT2D eigenvalue weighted by atomic mass is 9.83. The summed E-state index contributed by atoms with van der Waals surface area (Å²) in [5.74, 6) is 1.25. The molecule has 0 saturated carbocycles. The molecule has 1 aromatic carbocycles. The summed E-state index contributed by atoms with van der Waals surface area (Å²) in [6.45, 7) is 3.89. The number of aromatic hydroxyl groups is 1. The van der Waals surface area contributed by atoms with Crippen molar-refractivity contribution < 1.29 is 5.11 Å². The molecule has 0 bridgehead atoms. The van der Waals surface area contributed by atoms with Gasteiger partial charge >= 0.3 is 0 Å². The Morgan fingerprint density at radius 1 is 1.25 bits per heavy atom. The van der Waals surface area contributed by atoms with Crippen LogP contribution < -0.4 is 0 Å². The Labute approximate surface area is 96.9 Å². The highest BCUT2D eigenvalue weighted by Gasteiger charge is 2.23. The number of hydrogen-bond acceptors (Lipinski definition) is 2. The van der Waals surface area contributed by atoms with Crippen LogP contribution in [0.25, 0.3) is 0 Å². The summed E-state index contributed by atoms with van der Waals surface area (Å²) in [6.07, 6.45) is 5.01. The van der Waals surface area contributed by atoms with Crippen LogP contribution in [0.2, 0.25) is 0 Å². The van der Waals surface area contributed by atoms with E-state index in [4.69, 9.17) is 0 Å². The third kappa shape index (κ3) is 1.94. The molecule has 1 fully saturated rings. The molecular formula is C14H19NO. The molecule has 2 nitrogen and oxygen atoms in total. The highest BCUT2D eigenvalue weighted by molar-refractivity contribution is 5.36. The summed E-state index contributed by atoms with van der Waals surface area (Å²) < 4.78 is 0. The fraction of sp³-hybridized carbons (Fsp3) is 0.571. The number of nitrogens with zero attached hydrogens (tertiary/aromatic N) is 1. The van der Waals surface area contributed by atoms with E-state index in [1.165, 1.54) is 50.0 Å². The van der Waals surface area contributed by atoms with Crippen molar-refractivity contribution in [2.45, 2.75) is 25.7 Å². The van der Waals surface area contributed by atoms with Crippen molar-refractivity contribution in [1.82, 2.24) is 4.90 Å². The van der Waals surface area contributed by atoms with Gasteiger partial charge in [0.05, 0.1) is 0 Å². The van der Waals surface area contributed by atoms with Gasteiger partial charge in [-0.1, -0.05) is 6.07 Å². The first kappa shape index (κ1) is 10.2. The van der Waals surface area contributed by atoms with E-state index < -0.39 is 0 Å². The lowest BCUT2D eigenvalue weighted by Gasteiger charge is -2.36. The van der Waals surface area contributed by atoms with E-state index in [2.05, 4.69) is 11.0 Å². The van der Waals surface area contributed by atoms with Crippen molar-refractivity contribution >= 4 is 0 Å². The average Bonchev–Trinajstić information content (AvgIpc) is 2.23. The summed E-state index contributed by atoms with van der Waals surface area (Å²) in [4.78, 5) is 2.57. The van der Waals surface area contributed by atoms with E-state index >= 15 is 0 Å². The van der Waals surface area contributed by atoms with Crippen molar-refractivity contribution in [2.75, 3.05) is 19.6 Å². The van der Waals surface area contributed by atoms with E-state index in [-0.39, 0.29) is 0 Å². The molecule has 0 aromatic heterocycles. The maximum absolute atomic E-state index is 9.44. The van der Waals surface area contributed by atoms with Gasteiger partial charge in [-0.25, -0.2) is 0 Å². The zero-order valence-electron chi connectivity index (χ0n) is 9.65. The quantitative estimate of drug-likeness (QED) is 0.821. The van der Waals surface area contributed by atoms with Crippen molar-refractivity contribution in [2.24, 2.45) is 5.92 Å². The lowest BCUT2D eigenvalue weighted by molar-refractivity contribution is 0.146. The molecular weight excluding hydrogens is 198 g/mol. The molecule has 1 N–H and O–H groups in total. The first-order chi connectivity index (χ1) is 7.81. The third-order valence-corrected chi connectivity index (χ3v) is 3.99. The van der Waals surface area contributed by atoms with E-state index in [0.717, 1.165) is 12.3 Å². The van der Waals surface area contributed by atoms with Crippen LogP contribution >= 0.6 is 0 Å².